The average Bonchev–Trinajstić information content (AvgIpc) is 2.61. The van der Waals surface area contributed by atoms with E-state index in [2.05, 4.69) is 15.6 Å². The summed E-state index contributed by atoms with van der Waals surface area (Å²) in [6.07, 6.45) is -3.07. The highest BCUT2D eigenvalue weighted by molar-refractivity contribution is 5.97. The normalized spacial score (nSPS) is 15.9. The predicted molar refractivity (Wildman–Crippen MR) is 94.8 cm³/mol. The lowest BCUT2D eigenvalue weighted by molar-refractivity contribution is -0.147. The second-order valence-corrected chi connectivity index (χ2v) is 6.11. The van der Waals surface area contributed by atoms with Crippen LogP contribution >= 0.6 is 0 Å². The molecule has 1 heterocycles. The predicted octanol–water partition coefficient (Wildman–Crippen LogP) is 2.30. The second kappa shape index (κ2) is 9.38. The smallest absolute Gasteiger partial charge is 0.357 e. The highest BCUT2D eigenvalue weighted by Crippen LogP contribution is 2.29. The van der Waals surface area contributed by atoms with Crippen LogP contribution in [0.3, 0.4) is 0 Å². The molecule has 0 aromatic heterocycles. The molecule has 0 atom stereocenters. The van der Waals surface area contributed by atoms with E-state index >= 15 is 0 Å². The van der Waals surface area contributed by atoms with Crippen LogP contribution in [0.2, 0.25) is 0 Å². The zero-order valence-electron chi connectivity index (χ0n) is 15.1. The fourth-order valence-electron chi connectivity index (χ4n) is 2.69. The molecule has 1 aliphatic heterocycles. The van der Waals surface area contributed by atoms with Gasteiger partial charge in [-0.25, -0.2) is 4.99 Å². The van der Waals surface area contributed by atoms with Crippen LogP contribution in [0.4, 0.5) is 13.2 Å². The molecule has 27 heavy (non-hydrogen) atoms. The largest absolute Gasteiger partial charge is 0.416 e. The van der Waals surface area contributed by atoms with Crippen molar-refractivity contribution in [2.75, 3.05) is 19.6 Å². The summed E-state index contributed by atoms with van der Waals surface area (Å²) in [7, 11) is 0. The van der Waals surface area contributed by atoms with E-state index in [0.717, 1.165) is 12.1 Å². The summed E-state index contributed by atoms with van der Waals surface area (Å²) in [4.78, 5) is 29.0. The van der Waals surface area contributed by atoms with Crippen molar-refractivity contribution >= 4 is 17.8 Å². The third-order valence-corrected chi connectivity index (χ3v) is 4.03. The van der Waals surface area contributed by atoms with Crippen molar-refractivity contribution in [3.05, 3.63) is 35.4 Å². The minimum Gasteiger partial charge on any atom is -0.357 e. The molecule has 1 saturated heterocycles. The SMILES string of the molecule is CCNC(=NCc1cccc(C(F)(F)F)c1)NCCN1C(=O)CCCC1=O. The van der Waals surface area contributed by atoms with Crippen molar-refractivity contribution in [3.63, 3.8) is 0 Å². The van der Waals surface area contributed by atoms with Crippen molar-refractivity contribution in [3.8, 4) is 0 Å². The van der Waals surface area contributed by atoms with Gasteiger partial charge in [-0.2, -0.15) is 13.2 Å². The number of likely N-dealkylation sites (tertiary alicyclic amines) is 1. The maximum absolute atomic E-state index is 12.8. The Morgan fingerprint density at radius 3 is 2.52 bits per heavy atom. The first-order valence-corrected chi connectivity index (χ1v) is 8.82. The third kappa shape index (κ3) is 6.26. The summed E-state index contributed by atoms with van der Waals surface area (Å²) in [6, 6.07) is 5.01. The van der Waals surface area contributed by atoms with Gasteiger partial charge in [0.15, 0.2) is 5.96 Å². The number of nitrogens with one attached hydrogen (secondary N) is 2. The first-order valence-electron chi connectivity index (χ1n) is 8.82. The van der Waals surface area contributed by atoms with Crippen LogP contribution in [0.1, 0.15) is 37.3 Å². The molecule has 0 unspecified atom stereocenters. The van der Waals surface area contributed by atoms with E-state index in [-0.39, 0.29) is 24.9 Å². The highest BCUT2D eigenvalue weighted by atomic mass is 19.4. The van der Waals surface area contributed by atoms with Crippen LogP contribution < -0.4 is 10.6 Å². The van der Waals surface area contributed by atoms with Gasteiger partial charge >= 0.3 is 6.18 Å². The Morgan fingerprint density at radius 2 is 1.89 bits per heavy atom. The van der Waals surface area contributed by atoms with E-state index in [1.54, 1.807) is 6.07 Å². The lowest BCUT2D eigenvalue weighted by atomic mass is 10.1. The Hall–Kier alpha value is -2.58. The van der Waals surface area contributed by atoms with Gasteiger partial charge in [-0.15, -0.1) is 0 Å². The van der Waals surface area contributed by atoms with Gasteiger partial charge in [0.1, 0.15) is 0 Å². The number of benzene rings is 1. The first kappa shape index (κ1) is 20.7. The molecule has 148 valence electrons. The number of hydrogen-bond acceptors (Lipinski definition) is 3. The molecule has 9 heteroatoms. The number of imide groups is 1. The van der Waals surface area contributed by atoms with E-state index in [4.69, 9.17) is 0 Å². The van der Waals surface area contributed by atoms with Gasteiger partial charge < -0.3 is 10.6 Å². The number of alkyl halides is 3. The van der Waals surface area contributed by atoms with E-state index in [1.807, 2.05) is 6.92 Å². The Bertz CT molecular complexity index is 688. The van der Waals surface area contributed by atoms with Gasteiger partial charge in [0.25, 0.3) is 0 Å². The monoisotopic (exact) mass is 384 g/mol. The van der Waals surface area contributed by atoms with Crippen molar-refractivity contribution < 1.29 is 22.8 Å². The zero-order chi connectivity index (χ0) is 19.9. The fourth-order valence-corrected chi connectivity index (χ4v) is 2.69. The Morgan fingerprint density at radius 1 is 1.19 bits per heavy atom. The molecule has 0 saturated carbocycles. The number of carbonyl (C=O) groups excluding carboxylic acids is 2. The molecular weight excluding hydrogens is 361 g/mol. The van der Waals surface area contributed by atoms with Gasteiger partial charge in [-0.3, -0.25) is 14.5 Å². The Labute approximate surface area is 155 Å². The van der Waals surface area contributed by atoms with Crippen LogP contribution in [-0.4, -0.2) is 42.3 Å². The summed E-state index contributed by atoms with van der Waals surface area (Å²) in [5.41, 5.74) is -0.279. The molecule has 1 aromatic carbocycles. The number of piperidine rings is 1. The van der Waals surface area contributed by atoms with Gasteiger partial charge in [0.05, 0.1) is 12.1 Å². The van der Waals surface area contributed by atoms with Crippen molar-refractivity contribution in [1.29, 1.82) is 0 Å². The summed E-state index contributed by atoms with van der Waals surface area (Å²) in [6.45, 7) is 3.04. The number of aliphatic imine (C=N–C) groups is 1. The molecule has 6 nitrogen and oxygen atoms in total. The van der Waals surface area contributed by atoms with E-state index in [0.29, 0.717) is 43.9 Å². The maximum Gasteiger partial charge on any atom is 0.416 e. The summed E-state index contributed by atoms with van der Waals surface area (Å²) >= 11 is 0. The highest BCUT2D eigenvalue weighted by Gasteiger charge is 2.30. The molecule has 0 bridgehead atoms. The average molecular weight is 384 g/mol. The van der Waals surface area contributed by atoms with Crippen LogP contribution in [0.25, 0.3) is 0 Å². The molecular formula is C18H23F3N4O2. The van der Waals surface area contributed by atoms with E-state index in [1.165, 1.54) is 11.0 Å². The molecule has 0 radical (unpaired) electrons. The van der Waals surface area contributed by atoms with Crippen LogP contribution in [-0.2, 0) is 22.3 Å². The van der Waals surface area contributed by atoms with Gasteiger partial charge in [0, 0.05) is 32.5 Å². The molecule has 2 amide bonds. The maximum atomic E-state index is 12.8. The fraction of sp³-hybridized carbons (Fsp3) is 0.500. The number of halogens is 3. The minimum atomic E-state index is -4.39. The first-order chi connectivity index (χ1) is 12.8. The standard InChI is InChI=1S/C18H23F3N4O2/c1-2-22-17(23-9-10-25-15(26)7-4-8-16(25)27)24-12-13-5-3-6-14(11-13)18(19,20)21/h3,5-6,11H,2,4,7-10,12H2,1H3,(H2,22,23,24). The molecule has 0 spiro atoms. The van der Waals surface area contributed by atoms with Crippen LogP contribution in [0.15, 0.2) is 29.3 Å². The molecule has 1 aliphatic rings. The van der Waals surface area contributed by atoms with Gasteiger partial charge in [-0.05, 0) is 31.0 Å². The number of guanidine groups is 1. The van der Waals surface area contributed by atoms with Crippen LogP contribution in [0.5, 0.6) is 0 Å². The molecule has 2 rings (SSSR count). The minimum absolute atomic E-state index is 0.0703. The summed E-state index contributed by atoms with van der Waals surface area (Å²) in [5.74, 6) is 0.0460. The Kier molecular flexibility index (Phi) is 7.20. The molecule has 1 aromatic rings. The van der Waals surface area contributed by atoms with Gasteiger partial charge in [0.2, 0.25) is 11.8 Å². The second-order valence-electron chi connectivity index (χ2n) is 6.11. The quantitative estimate of drug-likeness (QED) is 0.448. The van der Waals surface area contributed by atoms with Crippen molar-refractivity contribution in [2.24, 2.45) is 4.99 Å². The molecule has 1 fully saturated rings. The lowest BCUT2D eigenvalue weighted by Crippen LogP contribution is -2.46. The molecule has 0 aliphatic carbocycles. The number of hydrogen-bond donors (Lipinski definition) is 2. The topological polar surface area (TPSA) is 73.8 Å². The number of rotatable bonds is 6. The van der Waals surface area contributed by atoms with Crippen LogP contribution in [0, 0.1) is 0 Å². The van der Waals surface area contributed by atoms with Crippen molar-refractivity contribution in [2.45, 2.75) is 38.9 Å². The number of amides is 2. The van der Waals surface area contributed by atoms with Crippen molar-refractivity contribution in [1.82, 2.24) is 15.5 Å². The number of carbonyl (C=O) groups is 2. The van der Waals surface area contributed by atoms with Gasteiger partial charge in [-0.1, -0.05) is 12.1 Å². The zero-order valence-corrected chi connectivity index (χ0v) is 15.1. The number of nitrogens with zero attached hydrogens (tertiary/aromatic N) is 2. The lowest BCUT2D eigenvalue weighted by Gasteiger charge is -2.25. The Balaban J connectivity index is 1.94. The molecule has 2 N–H and O–H groups in total. The summed E-state index contributed by atoms with van der Waals surface area (Å²) < 4.78 is 38.3. The van der Waals surface area contributed by atoms with E-state index < -0.39 is 11.7 Å². The third-order valence-electron chi connectivity index (χ3n) is 4.03. The van der Waals surface area contributed by atoms with E-state index in [9.17, 15) is 22.8 Å². The summed E-state index contributed by atoms with van der Waals surface area (Å²) in [5, 5.41) is 5.98.